The van der Waals surface area contributed by atoms with Crippen molar-refractivity contribution in [2.45, 2.75) is 0 Å². The molecule has 3 aromatic rings. The highest BCUT2D eigenvalue weighted by molar-refractivity contribution is 6.08. The van der Waals surface area contributed by atoms with E-state index in [9.17, 15) is 9.59 Å². The number of benzene rings is 3. The van der Waals surface area contributed by atoms with Crippen molar-refractivity contribution >= 4 is 29.5 Å². The van der Waals surface area contributed by atoms with Gasteiger partial charge in [-0.3, -0.25) is 9.59 Å². The van der Waals surface area contributed by atoms with Crippen molar-refractivity contribution < 1.29 is 19.1 Å². The van der Waals surface area contributed by atoms with E-state index in [-0.39, 0.29) is 11.7 Å². The number of rotatable bonds is 8. The normalized spacial score (nSPS) is 10.9. The quantitative estimate of drug-likeness (QED) is 0.405. The van der Waals surface area contributed by atoms with Crippen molar-refractivity contribution in [1.82, 2.24) is 0 Å². The lowest BCUT2D eigenvalue weighted by Gasteiger charge is -2.07. The molecule has 0 saturated heterocycles. The van der Waals surface area contributed by atoms with Gasteiger partial charge in [0.2, 0.25) is 5.91 Å². The monoisotopic (exact) mass is 413 g/mol. The van der Waals surface area contributed by atoms with Gasteiger partial charge in [0.15, 0.2) is 17.3 Å². The van der Waals surface area contributed by atoms with Gasteiger partial charge in [0.05, 0.1) is 14.2 Å². The zero-order valence-corrected chi connectivity index (χ0v) is 17.4. The molecule has 5 nitrogen and oxygen atoms in total. The summed E-state index contributed by atoms with van der Waals surface area (Å²) in [4.78, 5) is 24.7. The highest BCUT2D eigenvalue weighted by atomic mass is 16.5. The zero-order chi connectivity index (χ0) is 22.1. The lowest BCUT2D eigenvalue weighted by atomic mass is 10.1. The fourth-order valence-electron chi connectivity index (χ4n) is 2.89. The van der Waals surface area contributed by atoms with Crippen molar-refractivity contribution in [2.75, 3.05) is 19.5 Å². The molecular weight excluding hydrogens is 390 g/mol. The minimum atomic E-state index is -0.269. The van der Waals surface area contributed by atoms with Crippen molar-refractivity contribution in [3.05, 3.63) is 102 Å². The van der Waals surface area contributed by atoms with Crippen molar-refractivity contribution in [2.24, 2.45) is 0 Å². The molecular formula is C26H23NO4. The predicted octanol–water partition coefficient (Wildman–Crippen LogP) is 5.25. The van der Waals surface area contributed by atoms with E-state index in [2.05, 4.69) is 5.32 Å². The van der Waals surface area contributed by atoms with Crippen LogP contribution in [0.3, 0.4) is 0 Å². The third-order valence-electron chi connectivity index (χ3n) is 4.48. The van der Waals surface area contributed by atoms with Crippen molar-refractivity contribution in [3.63, 3.8) is 0 Å². The van der Waals surface area contributed by atoms with Crippen molar-refractivity contribution in [1.29, 1.82) is 0 Å². The zero-order valence-electron chi connectivity index (χ0n) is 17.4. The highest BCUT2D eigenvalue weighted by Gasteiger charge is 2.06. The minimum Gasteiger partial charge on any atom is -0.493 e. The Morgan fingerprint density at radius 1 is 0.742 bits per heavy atom. The molecule has 3 rings (SSSR count). The highest BCUT2D eigenvalue weighted by Crippen LogP contribution is 2.28. The van der Waals surface area contributed by atoms with E-state index >= 15 is 0 Å². The molecule has 0 bridgehead atoms. The first-order valence-electron chi connectivity index (χ1n) is 9.67. The number of nitrogens with one attached hydrogen (secondary N) is 1. The summed E-state index contributed by atoms with van der Waals surface area (Å²) in [5, 5.41) is 2.78. The Kier molecular flexibility index (Phi) is 7.38. The van der Waals surface area contributed by atoms with Gasteiger partial charge in [-0.15, -0.1) is 0 Å². The third-order valence-corrected chi connectivity index (χ3v) is 4.48. The van der Waals surface area contributed by atoms with Crippen LogP contribution in [-0.2, 0) is 4.79 Å². The molecule has 1 N–H and O–H groups in total. The molecule has 1 amide bonds. The Morgan fingerprint density at radius 2 is 1.48 bits per heavy atom. The van der Waals surface area contributed by atoms with Crippen molar-refractivity contribution in [3.8, 4) is 11.5 Å². The molecule has 31 heavy (non-hydrogen) atoms. The molecule has 0 heterocycles. The maximum absolute atomic E-state index is 12.6. The Bertz CT molecular complexity index is 1120. The molecule has 0 unspecified atom stereocenters. The Hall–Kier alpha value is -4.12. The van der Waals surface area contributed by atoms with Gasteiger partial charge in [-0.25, -0.2) is 0 Å². The molecule has 0 aliphatic heterocycles. The second-order valence-corrected chi connectivity index (χ2v) is 6.63. The number of hydrogen-bond donors (Lipinski definition) is 1. The van der Waals surface area contributed by atoms with Crippen LogP contribution < -0.4 is 14.8 Å². The number of anilines is 1. The Balaban J connectivity index is 1.66. The molecule has 0 spiro atoms. The molecule has 0 fully saturated rings. The smallest absolute Gasteiger partial charge is 0.248 e. The van der Waals surface area contributed by atoms with Crippen LogP contribution in [0.15, 0.2) is 84.9 Å². The molecule has 3 aromatic carbocycles. The summed E-state index contributed by atoms with van der Waals surface area (Å²) in [6, 6.07) is 21.8. The summed E-state index contributed by atoms with van der Waals surface area (Å²) < 4.78 is 10.5. The van der Waals surface area contributed by atoms with E-state index in [0.717, 1.165) is 11.1 Å². The average molecular weight is 413 g/mol. The topological polar surface area (TPSA) is 64.6 Å². The molecule has 156 valence electrons. The standard InChI is InChI=1S/C26H23NO4/c1-30-24-15-12-20(17-25(24)31-2)11-14-23(28)21-9-6-10-22(18-21)27-26(29)16-13-19-7-4-3-5-8-19/h3-18H,1-2H3,(H,27,29)/b14-11+,16-13?. The minimum absolute atomic E-state index is 0.175. The lowest BCUT2D eigenvalue weighted by molar-refractivity contribution is -0.111. The van der Waals surface area contributed by atoms with Gasteiger partial charge in [0.1, 0.15) is 0 Å². The van der Waals surface area contributed by atoms with E-state index in [1.165, 1.54) is 12.2 Å². The fraction of sp³-hybridized carbons (Fsp3) is 0.0769. The first-order valence-corrected chi connectivity index (χ1v) is 9.67. The molecule has 0 atom stereocenters. The van der Waals surface area contributed by atoms with Crippen LogP contribution in [0.5, 0.6) is 11.5 Å². The van der Waals surface area contributed by atoms with Crippen LogP contribution in [0.1, 0.15) is 21.5 Å². The number of carbonyl (C=O) groups excluding carboxylic acids is 2. The molecule has 0 aliphatic rings. The first-order chi connectivity index (χ1) is 15.1. The largest absolute Gasteiger partial charge is 0.493 e. The van der Waals surface area contributed by atoms with Gasteiger partial charge in [-0.05, 0) is 47.5 Å². The van der Waals surface area contributed by atoms with Crippen LogP contribution in [0, 0.1) is 0 Å². The SMILES string of the molecule is COc1ccc(/C=C/C(=O)c2cccc(NC(=O)C=Cc3ccccc3)c2)cc1OC. The fourth-order valence-corrected chi connectivity index (χ4v) is 2.89. The Morgan fingerprint density at radius 3 is 2.23 bits per heavy atom. The summed E-state index contributed by atoms with van der Waals surface area (Å²) in [5.41, 5.74) is 2.76. The van der Waals surface area contributed by atoms with Crippen LogP contribution in [0.25, 0.3) is 12.2 Å². The number of carbonyl (C=O) groups is 2. The second kappa shape index (κ2) is 10.6. The summed E-state index contributed by atoms with van der Waals surface area (Å²) in [6.07, 6.45) is 6.38. The summed E-state index contributed by atoms with van der Waals surface area (Å²) in [5.74, 6) is 0.765. The number of hydrogen-bond acceptors (Lipinski definition) is 4. The van der Waals surface area contributed by atoms with Gasteiger partial charge in [-0.1, -0.05) is 54.6 Å². The Labute approximate surface area is 181 Å². The molecule has 0 aliphatic carbocycles. The van der Waals surface area contributed by atoms with Gasteiger partial charge >= 0.3 is 0 Å². The molecule has 0 aromatic heterocycles. The maximum atomic E-state index is 12.6. The number of amides is 1. The molecule has 0 radical (unpaired) electrons. The third kappa shape index (κ3) is 6.18. The van der Waals surface area contributed by atoms with Gasteiger partial charge in [-0.2, -0.15) is 0 Å². The van der Waals surface area contributed by atoms with E-state index in [1.807, 2.05) is 36.4 Å². The van der Waals surface area contributed by atoms with Crippen LogP contribution in [0.4, 0.5) is 5.69 Å². The van der Waals surface area contributed by atoms with Gasteiger partial charge in [0, 0.05) is 17.3 Å². The van der Waals surface area contributed by atoms with E-state index in [4.69, 9.17) is 9.47 Å². The summed E-state index contributed by atoms with van der Waals surface area (Å²) in [7, 11) is 3.13. The first kappa shape index (κ1) is 21.6. The van der Waals surface area contributed by atoms with E-state index in [1.54, 1.807) is 62.8 Å². The number of ketones is 1. The van der Waals surface area contributed by atoms with Crippen LogP contribution in [-0.4, -0.2) is 25.9 Å². The number of ether oxygens (including phenoxy) is 2. The van der Waals surface area contributed by atoms with Gasteiger partial charge < -0.3 is 14.8 Å². The lowest BCUT2D eigenvalue weighted by Crippen LogP contribution is -2.08. The summed E-state index contributed by atoms with van der Waals surface area (Å²) >= 11 is 0. The molecule has 5 heteroatoms. The second-order valence-electron chi connectivity index (χ2n) is 6.63. The van der Waals surface area contributed by atoms with Gasteiger partial charge in [0.25, 0.3) is 0 Å². The summed E-state index contributed by atoms with van der Waals surface area (Å²) in [6.45, 7) is 0. The van der Waals surface area contributed by atoms with E-state index < -0.39 is 0 Å². The number of methoxy groups -OCH3 is 2. The predicted molar refractivity (Wildman–Crippen MR) is 123 cm³/mol. The van der Waals surface area contributed by atoms with Crippen LogP contribution >= 0.6 is 0 Å². The molecule has 0 saturated carbocycles. The van der Waals surface area contributed by atoms with Crippen LogP contribution in [0.2, 0.25) is 0 Å². The number of allylic oxidation sites excluding steroid dienone is 1. The average Bonchev–Trinajstić information content (AvgIpc) is 2.81. The van der Waals surface area contributed by atoms with E-state index in [0.29, 0.717) is 22.7 Å². The maximum Gasteiger partial charge on any atom is 0.248 e.